The van der Waals surface area contributed by atoms with Crippen molar-refractivity contribution >= 4 is 5.71 Å². The average Bonchev–Trinajstić information content (AvgIpc) is 2.44. The van der Waals surface area contributed by atoms with Gasteiger partial charge in [0.1, 0.15) is 0 Å². The summed E-state index contributed by atoms with van der Waals surface area (Å²) in [5.41, 5.74) is 1.76. The molecule has 0 unspecified atom stereocenters. The molecular formula is C12H15NO. The Labute approximate surface area is 84.5 Å². The van der Waals surface area contributed by atoms with Crippen LogP contribution in [0.15, 0.2) is 30.3 Å². The smallest absolute Gasteiger partial charge is 0.195 e. The fourth-order valence-electron chi connectivity index (χ4n) is 1.88. The predicted molar refractivity (Wildman–Crippen MR) is 57.5 cm³/mol. The van der Waals surface area contributed by atoms with Crippen molar-refractivity contribution in [3.05, 3.63) is 41.1 Å². The van der Waals surface area contributed by atoms with Crippen LogP contribution in [-0.4, -0.2) is 16.0 Å². The van der Waals surface area contributed by atoms with E-state index < -0.39 is 0 Å². The third kappa shape index (κ3) is 1.41. The summed E-state index contributed by atoms with van der Waals surface area (Å²) in [6.45, 7) is 3.99. The Hall–Kier alpha value is -1.31. The van der Waals surface area contributed by atoms with Crippen LogP contribution in [0.2, 0.25) is 0 Å². The molecule has 0 radical (unpaired) electrons. The minimum absolute atomic E-state index is 0.231. The maximum atomic E-state index is 11.9. The maximum absolute atomic E-state index is 11.9. The van der Waals surface area contributed by atoms with Crippen molar-refractivity contribution in [1.82, 2.24) is 0 Å². The molecule has 1 aromatic carbocycles. The Morgan fingerprint density at radius 1 is 1.21 bits per heavy atom. The minimum atomic E-state index is -0.231. The van der Waals surface area contributed by atoms with E-state index in [1.807, 2.05) is 44.2 Å². The Balaban J connectivity index is 2.42. The Kier molecular flexibility index (Phi) is 2.06. The van der Waals surface area contributed by atoms with E-state index >= 15 is 0 Å². The molecule has 2 nitrogen and oxygen atoms in total. The van der Waals surface area contributed by atoms with Crippen molar-refractivity contribution < 1.29 is 4.74 Å². The molecule has 0 aliphatic carbocycles. The molecule has 1 heterocycles. The number of benzene rings is 1. The lowest BCUT2D eigenvalue weighted by Gasteiger charge is -2.18. The lowest BCUT2D eigenvalue weighted by molar-refractivity contribution is -0.530. The van der Waals surface area contributed by atoms with Gasteiger partial charge in [-0.2, -0.15) is 0 Å². The van der Waals surface area contributed by atoms with Gasteiger partial charge in [0.05, 0.1) is 0 Å². The van der Waals surface area contributed by atoms with Crippen LogP contribution in [0.25, 0.3) is 0 Å². The lowest BCUT2D eigenvalue weighted by Crippen LogP contribution is -2.29. The second kappa shape index (κ2) is 3.12. The fraction of sp³-hybridized carbons (Fsp3) is 0.417. The van der Waals surface area contributed by atoms with Gasteiger partial charge in [-0.05, 0) is 12.1 Å². The highest BCUT2D eigenvalue weighted by Crippen LogP contribution is 2.26. The highest BCUT2D eigenvalue weighted by atomic mass is 16.5. The van der Waals surface area contributed by atoms with E-state index in [-0.39, 0.29) is 5.54 Å². The van der Waals surface area contributed by atoms with Crippen molar-refractivity contribution in [3.63, 3.8) is 0 Å². The van der Waals surface area contributed by atoms with Crippen molar-refractivity contribution in [1.29, 1.82) is 0 Å². The first kappa shape index (κ1) is 9.25. The number of hydrogen-bond donors (Lipinski definition) is 0. The molecule has 0 amide bonds. The van der Waals surface area contributed by atoms with E-state index in [9.17, 15) is 5.21 Å². The van der Waals surface area contributed by atoms with Gasteiger partial charge < -0.3 is 5.21 Å². The van der Waals surface area contributed by atoms with Crippen molar-refractivity contribution in [3.8, 4) is 0 Å². The third-order valence-electron chi connectivity index (χ3n) is 2.88. The Morgan fingerprint density at radius 2 is 1.86 bits per heavy atom. The molecular weight excluding hydrogens is 175 g/mol. The Bertz CT molecular complexity index is 365. The molecule has 74 valence electrons. The van der Waals surface area contributed by atoms with Gasteiger partial charge >= 0.3 is 0 Å². The van der Waals surface area contributed by atoms with Gasteiger partial charge in [0.25, 0.3) is 0 Å². The first-order valence-electron chi connectivity index (χ1n) is 5.00. The van der Waals surface area contributed by atoms with Gasteiger partial charge in [-0.15, -0.1) is 0 Å². The van der Waals surface area contributed by atoms with Gasteiger partial charge in [0.15, 0.2) is 11.3 Å². The standard InChI is InChI=1S/C12H15NO/c1-12(2)9-8-11(13(12)14)10-6-4-3-5-7-10/h3-7H,8-9H2,1-2H3/i11+1. The van der Waals surface area contributed by atoms with Crippen LogP contribution in [0.3, 0.4) is 0 Å². The summed E-state index contributed by atoms with van der Waals surface area (Å²) in [6, 6.07) is 9.92. The van der Waals surface area contributed by atoms with Crippen LogP contribution in [0.1, 0.15) is 32.3 Å². The summed E-state index contributed by atoms with van der Waals surface area (Å²) < 4.78 is 1.17. The van der Waals surface area contributed by atoms with Gasteiger partial charge in [0, 0.05) is 32.3 Å². The van der Waals surface area contributed by atoms with Crippen molar-refractivity contribution in [2.75, 3.05) is 0 Å². The minimum Gasteiger partial charge on any atom is -0.623 e. The highest BCUT2D eigenvalue weighted by molar-refractivity contribution is 5.97. The van der Waals surface area contributed by atoms with Crippen molar-refractivity contribution in [2.24, 2.45) is 0 Å². The molecule has 0 N–H and O–H groups in total. The molecule has 1 aliphatic rings. The number of rotatable bonds is 1. The summed E-state index contributed by atoms with van der Waals surface area (Å²) in [4.78, 5) is 0. The summed E-state index contributed by atoms with van der Waals surface area (Å²) in [5, 5.41) is 11.9. The van der Waals surface area contributed by atoms with Gasteiger partial charge in [-0.25, -0.2) is 4.74 Å². The highest BCUT2D eigenvalue weighted by Gasteiger charge is 2.36. The monoisotopic (exact) mass is 190 g/mol. The summed E-state index contributed by atoms with van der Waals surface area (Å²) in [6.07, 6.45) is 1.83. The number of hydroxylamine groups is 1. The van der Waals surface area contributed by atoms with E-state index in [4.69, 9.17) is 0 Å². The van der Waals surface area contributed by atoms with Crippen LogP contribution in [-0.2, 0) is 0 Å². The van der Waals surface area contributed by atoms with Crippen LogP contribution >= 0.6 is 0 Å². The zero-order valence-corrected chi connectivity index (χ0v) is 8.66. The van der Waals surface area contributed by atoms with Gasteiger partial charge in [-0.1, -0.05) is 18.2 Å². The molecule has 0 bridgehead atoms. The molecule has 2 rings (SSSR count). The molecule has 0 atom stereocenters. The molecule has 1 aromatic rings. The average molecular weight is 190 g/mol. The summed E-state index contributed by atoms with van der Waals surface area (Å²) in [5.74, 6) is 0. The molecule has 0 saturated heterocycles. The maximum Gasteiger partial charge on any atom is 0.195 e. The second-order valence-corrected chi connectivity index (χ2v) is 4.42. The fourth-order valence-corrected chi connectivity index (χ4v) is 1.88. The zero-order valence-electron chi connectivity index (χ0n) is 8.66. The summed E-state index contributed by atoms with van der Waals surface area (Å²) in [7, 11) is 0. The molecule has 0 saturated carbocycles. The van der Waals surface area contributed by atoms with Crippen LogP contribution in [0.4, 0.5) is 0 Å². The van der Waals surface area contributed by atoms with E-state index in [0.29, 0.717) is 0 Å². The topological polar surface area (TPSA) is 26.1 Å². The molecule has 0 aromatic heterocycles. The molecule has 0 spiro atoms. The first-order chi connectivity index (χ1) is 6.61. The van der Waals surface area contributed by atoms with E-state index in [1.54, 1.807) is 0 Å². The van der Waals surface area contributed by atoms with E-state index in [1.165, 1.54) is 4.74 Å². The van der Waals surface area contributed by atoms with Crippen LogP contribution < -0.4 is 0 Å². The zero-order chi connectivity index (χ0) is 10.2. The lowest BCUT2D eigenvalue weighted by atomic mass is 10.0. The first-order valence-corrected chi connectivity index (χ1v) is 5.00. The van der Waals surface area contributed by atoms with Crippen LogP contribution in [0.5, 0.6) is 0 Å². The van der Waals surface area contributed by atoms with E-state index in [2.05, 4.69) is 0 Å². The van der Waals surface area contributed by atoms with Gasteiger partial charge in [0.2, 0.25) is 0 Å². The normalized spacial score (nSPS) is 20.1. The number of nitrogens with zero attached hydrogens (tertiary/aromatic N) is 1. The van der Waals surface area contributed by atoms with Crippen LogP contribution in [0, 0.1) is 5.21 Å². The summed E-state index contributed by atoms with van der Waals surface area (Å²) >= 11 is 0. The predicted octanol–water partition coefficient (Wildman–Crippen LogP) is 2.56. The second-order valence-electron chi connectivity index (χ2n) is 4.42. The molecule has 2 heteroatoms. The SMILES string of the molecule is CC1(C)CC[13C](c2ccccc2)=[N+]1[O-]. The molecule has 0 fully saturated rings. The van der Waals surface area contributed by atoms with Gasteiger partial charge in [-0.3, -0.25) is 0 Å². The quantitative estimate of drug-likeness (QED) is 0.379. The number of hydrogen-bond acceptors (Lipinski definition) is 1. The molecule has 1 aliphatic heterocycles. The van der Waals surface area contributed by atoms with Crippen molar-refractivity contribution in [2.45, 2.75) is 32.2 Å². The Morgan fingerprint density at radius 3 is 2.36 bits per heavy atom. The largest absolute Gasteiger partial charge is 0.623 e. The molecule has 14 heavy (non-hydrogen) atoms. The third-order valence-corrected chi connectivity index (χ3v) is 2.88. The van der Waals surface area contributed by atoms with E-state index in [0.717, 1.165) is 24.1 Å².